The quantitative estimate of drug-likeness (QED) is 0.496. The molecule has 9 nitrogen and oxygen atoms in total. The van der Waals surface area contributed by atoms with Crippen molar-refractivity contribution in [2.45, 2.75) is 18.9 Å². The number of aromatic nitrogens is 3. The lowest BCUT2D eigenvalue weighted by Crippen LogP contribution is -2.44. The fourth-order valence-corrected chi connectivity index (χ4v) is 4.61. The topological polar surface area (TPSA) is 92.4 Å². The number of likely N-dealkylation sites (tertiary alicyclic amines) is 1. The standard InChI is InChI=1S/C24H32N8O/c1-30-9-7-19(8-10-30)26-23-21-17(16-33)15-25-22(21)28-24(29-23)27-18-3-5-20(6-4-18)32-13-11-31(2)12-14-32/h3-6,15-16,19H,7-14H2,1-2H3,(H3,25,26,27,28,29). The maximum Gasteiger partial charge on any atom is 0.231 e. The Morgan fingerprint density at radius 2 is 1.67 bits per heavy atom. The first-order chi connectivity index (χ1) is 16.1. The van der Waals surface area contributed by atoms with Gasteiger partial charge in [-0.05, 0) is 64.3 Å². The molecule has 3 N–H and O–H groups in total. The van der Waals surface area contributed by atoms with E-state index in [4.69, 9.17) is 4.98 Å². The van der Waals surface area contributed by atoms with Crippen LogP contribution < -0.4 is 15.5 Å². The molecule has 0 atom stereocenters. The molecule has 2 aliphatic heterocycles. The Kier molecular flexibility index (Phi) is 6.15. The van der Waals surface area contributed by atoms with Gasteiger partial charge in [0.05, 0.1) is 5.39 Å². The van der Waals surface area contributed by atoms with Gasteiger partial charge in [0, 0.05) is 55.4 Å². The highest BCUT2D eigenvalue weighted by Crippen LogP contribution is 2.28. The van der Waals surface area contributed by atoms with Crippen LogP contribution in [0.1, 0.15) is 23.2 Å². The largest absolute Gasteiger partial charge is 0.369 e. The minimum atomic E-state index is 0.324. The number of hydrogen-bond donors (Lipinski definition) is 3. The summed E-state index contributed by atoms with van der Waals surface area (Å²) in [5.74, 6) is 1.21. The smallest absolute Gasteiger partial charge is 0.231 e. The van der Waals surface area contributed by atoms with Gasteiger partial charge < -0.3 is 30.3 Å². The van der Waals surface area contributed by atoms with E-state index >= 15 is 0 Å². The third-order valence-electron chi connectivity index (χ3n) is 6.74. The van der Waals surface area contributed by atoms with Crippen LogP contribution in [0.5, 0.6) is 0 Å². The van der Waals surface area contributed by atoms with Gasteiger partial charge in [0.25, 0.3) is 0 Å². The van der Waals surface area contributed by atoms with E-state index in [-0.39, 0.29) is 0 Å². The number of carbonyl (C=O) groups excluding carboxylic acids is 1. The van der Waals surface area contributed by atoms with Crippen molar-refractivity contribution in [3.8, 4) is 0 Å². The summed E-state index contributed by atoms with van der Waals surface area (Å²) in [5.41, 5.74) is 3.39. The second-order valence-electron chi connectivity index (χ2n) is 9.17. The van der Waals surface area contributed by atoms with Crippen molar-refractivity contribution in [1.29, 1.82) is 0 Å². The third kappa shape index (κ3) is 4.79. The highest BCUT2D eigenvalue weighted by Gasteiger charge is 2.21. The SMILES string of the molecule is CN1CCC(Nc2nc(Nc3ccc(N4CCN(C)CC4)cc3)nc3[nH]cc(C=O)c23)CC1. The van der Waals surface area contributed by atoms with Crippen molar-refractivity contribution in [2.75, 3.05) is 68.9 Å². The number of hydrogen-bond acceptors (Lipinski definition) is 8. The number of H-pyrrole nitrogens is 1. The van der Waals surface area contributed by atoms with Crippen LogP contribution in [0, 0.1) is 0 Å². The van der Waals surface area contributed by atoms with Gasteiger partial charge in [0.1, 0.15) is 11.5 Å². The van der Waals surface area contributed by atoms with Gasteiger partial charge >= 0.3 is 0 Å². The van der Waals surface area contributed by atoms with Gasteiger partial charge in [0.15, 0.2) is 6.29 Å². The third-order valence-corrected chi connectivity index (χ3v) is 6.74. The van der Waals surface area contributed by atoms with Crippen LogP contribution in [0.15, 0.2) is 30.5 Å². The van der Waals surface area contributed by atoms with E-state index in [1.807, 2.05) is 0 Å². The molecule has 174 valence electrons. The number of piperazine rings is 1. The minimum Gasteiger partial charge on any atom is -0.369 e. The normalized spacial score (nSPS) is 18.5. The molecule has 4 heterocycles. The number of nitrogens with one attached hydrogen (secondary N) is 3. The second-order valence-corrected chi connectivity index (χ2v) is 9.17. The van der Waals surface area contributed by atoms with Crippen LogP contribution in [0.4, 0.5) is 23.1 Å². The molecule has 0 saturated carbocycles. The Balaban J connectivity index is 1.36. The summed E-state index contributed by atoms with van der Waals surface area (Å²) in [6.45, 7) is 6.34. The molecule has 33 heavy (non-hydrogen) atoms. The van der Waals surface area contributed by atoms with E-state index in [1.165, 1.54) is 5.69 Å². The summed E-state index contributed by atoms with van der Waals surface area (Å²) < 4.78 is 0. The summed E-state index contributed by atoms with van der Waals surface area (Å²) in [6.07, 6.45) is 4.63. The average molecular weight is 449 g/mol. The van der Waals surface area contributed by atoms with E-state index in [0.29, 0.717) is 29.0 Å². The van der Waals surface area contributed by atoms with Crippen LogP contribution in [-0.4, -0.2) is 90.4 Å². The Labute approximate surface area is 194 Å². The van der Waals surface area contributed by atoms with E-state index in [2.05, 4.69) is 73.7 Å². The molecule has 2 saturated heterocycles. The van der Waals surface area contributed by atoms with E-state index in [1.54, 1.807) is 6.20 Å². The molecule has 9 heteroatoms. The van der Waals surface area contributed by atoms with Crippen molar-refractivity contribution in [1.82, 2.24) is 24.8 Å². The number of piperidine rings is 1. The van der Waals surface area contributed by atoms with E-state index < -0.39 is 0 Å². The molecule has 0 spiro atoms. The molecule has 0 aliphatic carbocycles. The van der Waals surface area contributed by atoms with Crippen LogP contribution in [-0.2, 0) is 0 Å². The number of likely N-dealkylation sites (N-methyl/N-ethyl adjacent to an activating group) is 1. The fraction of sp³-hybridized carbons (Fsp3) is 0.458. The van der Waals surface area contributed by atoms with Crippen molar-refractivity contribution in [3.05, 3.63) is 36.0 Å². The molecule has 0 bridgehead atoms. The Morgan fingerprint density at radius 3 is 2.36 bits per heavy atom. The number of nitrogens with zero attached hydrogens (tertiary/aromatic N) is 5. The van der Waals surface area contributed by atoms with Gasteiger partial charge in [-0.2, -0.15) is 9.97 Å². The first-order valence-corrected chi connectivity index (χ1v) is 11.7. The van der Waals surface area contributed by atoms with Crippen LogP contribution in [0.25, 0.3) is 11.0 Å². The highest BCUT2D eigenvalue weighted by molar-refractivity contribution is 6.02. The Hall–Kier alpha value is -3.17. The van der Waals surface area contributed by atoms with Gasteiger partial charge in [-0.15, -0.1) is 0 Å². The Morgan fingerprint density at radius 1 is 0.970 bits per heavy atom. The van der Waals surface area contributed by atoms with Crippen molar-refractivity contribution >= 4 is 40.5 Å². The number of benzene rings is 1. The maximum atomic E-state index is 11.6. The fourth-order valence-electron chi connectivity index (χ4n) is 4.61. The minimum absolute atomic E-state index is 0.324. The number of anilines is 4. The Bertz CT molecular complexity index is 1100. The number of rotatable bonds is 6. The van der Waals surface area contributed by atoms with Crippen LogP contribution in [0.2, 0.25) is 0 Å². The van der Waals surface area contributed by atoms with Crippen LogP contribution in [0.3, 0.4) is 0 Å². The highest BCUT2D eigenvalue weighted by atomic mass is 16.1. The molecular weight excluding hydrogens is 416 g/mol. The van der Waals surface area contributed by atoms with E-state index in [9.17, 15) is 4.79 Å². The number of fused-ring (bicyclic) bond motifs is 1. The number of aromatic amines is 1. The first kappa shape index (κ1) is 21.7. The van der Waals surface area contributed by atoms with Gasteiger partial charge in [-0.25, -0.2) is 0 Å². The van der Waals surface area contributed by atoms with Gasteiger partial charge in [0.2, 0.25) is 5.95 Å². The van der Waals surface area contributed by atoms with Crippen LogP contribution >= 0.6 is 0 Å². The zero-order chi connectivity index (χ0) is 22.8. The zero-order valence-electron chi connectivity index (χ0n) is 19.3. The predicted octanol–water partition coefficient (Wildman–Crippen LogP) is 2.77. The molecule has 0 unspecified atom stereocenters. The van der Waals surface area contributed by atoms with Crippen molar-refractivity contribution in [2.24, 2.45) is 0 Å². The summed E-state index contributed by atoms with van der Waals surface area (Å²) in [7, 11) is 4.31. The van der Waals surface area contributed by atoms with Crippen molar-refractivity contribution in [3.63, 3.8) is 0 Å². The van der Waals surface area contributed by atoms with Crippen molar-refractivity contribution < 1.29 is 4.79 Å². The van der Waals surface area contributed by atoms with Gasteiger partial charge in [-0.1, -0.05) is 0 Å². The molecule has 5 rings (SSSR count). The molecule has 2 aromatic heterocycles. The molecule has 2 fully saturated rings. The lowest BCUT2D eigenvalue weighted by molar-refractivity contribution is 0.112. The summed E-state index contributed by atoms with van der Waals surface area (Å²) in [5, 5.41) is 7.67. The second kappa shape index (κ2) is 9.36. The predicted molar refractivity (Wildman–Crippen MR) is 133 cm³/mol. The molecule has 0 radical (unpaired) electrons. The average Bonchev–Trinajstić information content (AvgIpc) is 3.25. The molecular formula is C24H32N8O. The summed E-state index contributed by atoms with van der Waals surface area (Å²) in [6, 6.07) is 8.74. The lowest BCUT2D eigenvalue weighted by Gasteiger charge is -2.34. The van der Waals surface area contributed by atoms with Gasteiger partial charge in [-0.3, -0.25) is 4.79 Å². The molecule has 2 aliphatic rings. The maximum absolute atomic E-state index is 11.6. The zero-order valence-corrected chi connectivity index (χ0v) is 19.3. The molecule has 3 aromatic rings. The molecule has 0 amide bonds. The summed E-state index contributed by atoms with van der Waals surface area (Å²) >= 11 is 0. The first-order valence-electron chi connectivity index (χ1n) is 11.7. The lowest BCUT2D eigenvalue weighted by atomic mass is 10.1. The van der Waals surface area contributed by atoms with E-state index in [0.717, 1.165) is 69.5 Å². The number of aldehydes is 1. The molecule has 1 aromatic carbocycles. The monoisotopic (exact) mass is 448 g/mol. The summed E-state index contributed by atoms with van der Waals surface area (Å²) in [4.78, 5) is 31.2. The number of carbonyl (C=O) groups is 1.